The summed E-state index contributed by atoms with van der Waals surface area (Å²) in [7, 11) is 0. The molecule has 2 aromatic rings. The Labute approximate surface area is 143 Å². The highest BCUT2D eigenvalue weighted by Gasteiger charge is 2.14. The number of hydrogen-bond donors (Lipinski definition) is 3. The number of benzene rings is 2. The van der Waals surface area contributed by atoms with Crippen molar-refractivity contribution in [3.8, 4) is 5.75 Å². The lowest BCUT2D eigenvalue weighted by Crippen LogP contribution is -2.15. The number of para-hydroxylation sites is 1. The van der Waals surface area contributed by atoms with Gasteiger partial charge in [-0.3, -0.25) is 4.79 Å². The number of nitroso groups, excluding NO2 is 1. The number of rotatable bonds is 5. The molecule has 0 aliphatic heterocycles. The third kappa shape index (κ3) is 4.47. The predicted octanol–water partition coefficient (Wildman–Crippen LogP) is 4.61. The molecule has 0 aliphatic rings. The molecule has 25 heavy (non-hydrogen) atoms. The molecule has 0 spiro atoms. The zero-order valence-corrected chi connectivity index (χ0v) is 13.6. The van der Waals surface area contributed by atoms with Crippen LogP contribution in [-0.4, -0.2) is 16.1 Å². The van der Waals surface area contributed by atoms with Gasteiger partial charge in [0, 0.05) is 11.8 Å². The van der Waals surface area contributed by atoms with Gasteiger partial charge in [0.15, 0.2) is 5.70 Å². The summed E-state index contributed by atoms with van der Waals surface area (Å²) in [5, 5.41) is 31.9. The van der Waals surface area contributed by atoms with Crippen LogP contribution in [0.4, 0.5) is 17.1 Å². The first-order valence-electron chi connectivity index (χ1n) is 7.27. The number of allylic oxidation sites excluding steroid dienone is 1. The van der Waals surface area contributed by atoms with E-state index in [1.165, 1.54) is 19.1 Å². The van der Waals surface area contributed by atoms with Crippen LogP contribution in [-0.2, 0) is 4.79 Å². The lowest BCUT2D eigenvalue weighted by Gasteiger charge is -2.08. The third-order valence-electron chi connectivity index (χ3n) is 3.27. The first-order valence-corrected chi connectivity index (χ1v) is 7.27. The van der Waals surface area contributed by atoms with E-state index in [2.05, 4.69) is 20.7 Å². The first kappa shape index (κ1) is 17.8. The largest absolute Gasteiger partial charge is 0.510 e. The van der Waals surface area contributed by atoms with E-state index in [0.717, 1.165) is 11.6 Å². The quantitative estimate of drug-likeness (QED) is 0.318. The molecule has 8 heteroatoms. The molecule has 0 atom stereocenters. The number of nitrogens with one attached hydrogen (secondary N) is 1. The molecule has 128 valence electrons. The maximum Gasteiger partial charge on any atom is 0.279 e. The number of aliphatic hydroxyl groups excluding tert-OH is 1. The number of amides is 1. The van der Waals surface area contributed by atoms with Crippen molar-refractivity contribution in [3.63, 3.8) is 0 Å². The van der Waals surface area contributed by atoms with Crippen LogP contribution in [0.1, 0.15) is 12.5 Å². The number of nitrogens with zero attached hydrogens (tertiary/aromatic N) is 3. The van der Waals surface area contributed by atoms with Gasteiger partial charge in [-0.25, -0.2) is 0 Å². The molecule has 0 saturated carbocycles. The summed E-state index contributed by atoms with van der Waals surface area (Å²) in [6, 6.07) is 10.9. The summed E-state index contributed by atoms with van der Waals surface area (Å²) in [6.45, 7) is 3.12. The van der Waals surface area contributed by atoms with E-state index in [9.17, 15) is 19.9 Å². The topological polar surface area (TPSA) is 124 Å². The van der Waals surface area contributed by atoms with Gasteiger partial charge in [-0.2, -0.15) is 0 Å². The van der Waals surface area contributed by atoms with E-state index in [1.54, 1.807) is 12.1 Å². The van der Waals surface area contributed by atoms with Gasteiger partial charge in [0.1, 0.15) is 22.9 Å². The van der Waals surface area contributed by atoms with Gasteiger partial charge in [-0.05, 0) is 42.8 Å². The minimum absolute atomic E-state index is 0.0511. The summed E-state index contributed by atoms with van der Waals surface area (Å²) < 4.78 is 0. The van der Waals surface area contributed by atoms with Crippen molar-refractivity contribution in [1.29, 1.82) is 0 Å². The highest BCUT2D eigenvalue weighted by atomic mass is 16.3. The number of anilines is 1. The second-order valence-corrected chi connectivity index (χ2v) is 5.17. The maximum atomic E-state index is 12.3. The average molecular weight is 340 g/mol. The molecule has 0 radical (unpaired) electrons. The zero-order chi connectivity index (χ0) is 18.4. The first-order chi connectivity index (χ1) is 11.9. The number of carbonyl (C=O) groups is 1. The van der Waals surface area contributed by atoms with Crippen LogP contribution in [0.25, 0.3) is 0 Å². The molecule has 2 aromatic carbocycles. The lowest BCUT2D eigenvalue weighted by atomic mass is 10.2. The molecule has 0 aromatic heterocycles. The van der Waals surface area contributed by atoms with Gasteiger partial charge in [0.2, 0.25) is 0 Å². The third-order valence-corrected chi connectivity index (χ3v) is 3.27. The number of phenolic OH excluding ortho intramolecular Hbond substituents is 1. The second-order valence-electron chi connectivity index (χ2n) is 5.17. The fraction of sp³-hybridized carbons (Fsp3) is 0.118. The predicted molar refractivity (Wildman–Crippen MR) is 93.2 cm³/mol. The van der Waals surface area contributed by atoms with E-state index >= 15 is 0 Å². The van der Waals surface area contributed by atoms with E-state index in [0.29, 0.717) is 5.69 Å². The number of phenols is 1. The van der Waals surface area contributed by atoms with Crippen LogP contribution < -0.4 is 5.32 Å². The lowest BCUT2D eigenvalue weighted by molar-refractivity contribution is -0.113. The molecular weight excluding hydrogens is 324 g/mol. The van der Waals surface area contributed by atoms with Gasteiger partial charge < -0.3 is 15.5 Å². The van der Waals surface area contributed by atoms with Crippen molar-refractivity contribution in [2.75, 3.05) is 5.32 Å². The maximum absolute atomic E-state index is 12.3. The van der Waals surface area contributed by atoms with Gasteiger partial charge in [-0.15, -0.1) is 15.1 Å². The molecule has 0 bridgehead atoms. The minimum Gasteiger partial charge on any atom is -0.510 e. The number of aromatic hydroxyl groups is 1. The summed E-state index contributed by atoms with van der Waals surface area (Å²) >= 11 is 0. The van der Waals surface area contributed by atoms with Crippen LogP contribution in [0.2, 0.25) is 0 Å². The second kappa shape index (κ2) is 7.82. The Kier molecular flexibility index (Phi) is 5.57. The standard InChI is InChI=1S/C17H16N4O4/c1-10-5-3-4-6-13(10)18-17(24)16(11(2)22)20-19-14-8-7-12(23)9-15(14)21-25/h3-9,22-23H,1-2H3,(H,18,24)/b16-11+,20-19+. The van der Waals surface area contributed by atoms with Crippen LogP contribution in [0, 0.1) is 11.8 Å². The van der Waals surface area contributed by atoms with Crippen LogP contribution >= 0.6 is 0 Å². The van der Waals surface area contributed by atoms with Crippen molar-refractivity contribution in [2.24, 2.45) is 15.4 Å². The van der Waals surface area contributed by atoms with Gasteiger partial charge >= 0.3 is 0 Å². The fourth-order valence-corrected chi connectivity index (χ4v) is 1.95. The summed E-state index contributed by atoms with van der Waals surface area (Å²) in [5.41, 5.74) is 1.01. The van der Waals surface area contributed by atoms with Crippen LogP contribution in [0.15, 0.2) is 69.3 Å². The summed E-state index contributed by atoms with van der Waals surface area (Å²) in [6.07, 6.45) is 0. The highest BCUT2D eigenvalue weighted by molar-refractivity contribution is 6.04. The summed E-state index contributed by atoms with van der Waals surface area (Å²) in [5.74, 6) is -1.15. The molecule has 0 aliphatic carbocycles. The number of hydrogen-bond acceptors (Lipinski definition) is 7. The van der Waals surface area contributed by atoms with E-state index < -0.39 is 5.91 Å². The zero-order valence-electron chi connectivity index (χ0n) is 13.6. The smallest absolute Gasteiger partial charge is 0.279 e. The van der Waals surface area contributed by atoms with Crippen molar-refractivity contribution < 1.29 is 15.0 Å². The molecule has 0 unspecified atom stereocenters. The molecule has 0 fully saturated rings. The molecular formula is C17H16N4O4. The average Bonchev–Trinajstić information content (AvgIpc) is 2.57. The molecule has 0 heterocycles. The van der Waals surface area contributed by atoms with E-state index in [1.807, 2.05) is 19.1 Å². The van der Waals surface area contributed by atoms with Gasteiger partial charge in [-0.1, -0.05) is 18.2 Å². The van der Waals surface area contributed by atoms with E-state index in [-0.39, 0.29) is 28.6 Å². The van der Waals surface area contributed by atoms with Crippen molar-refractivity contribution in [1.82, 2.24) is 0 Å². The van der Waals surface area contributed by atoms with Crippen molar-refractivity contribution >= 4 is 23.0 Å². The Morgan fingerprint density at radius 1 is 1.12 bits per heavy atom. The minimum atomic E-state index is -0.655. The monoisotopic (exact) mass is 340 g/mol. The Morgan fingerprint density at radius 2 is 1.84 bits per heavy atom. The highest BCUT2D eigenvalue weighted by Crippen LogP contribution is 2.32. The Bertz CT molecular complexity index is 871. The SMILES string of the molecule is C/C(O)=C(\N=N\c1ccc(O)cc1N=O)C(=O)Nc1ccccc1C. The number of aryl methyl sites for hydroxylation is 1. The van der Waals surface area contributed by atoms with Gasteiger partial charge in [0.05, 0.1) is 0 Å². The number of aliphatic hydroxyl groups is 1. The molecule has 1 amide bonds. The number of carbonyl (C=O) groups excluding carboxylic acids is 1. The summed E-state index contributed by atoms with van der Waals surface area (Å²) in [4.78, 5) is 23.1. The van der Waals surface area contributed by atoms with Crippen molar-refractivity contribution in [2.45, 2.75) is 13.8 Å². The van der Waals surface area contributed by atoms with E-state index in [4.69, 9.17) is 0 Å². The normalized spacial score (nSPS) is 11.9. The number of azo groups is 1. The Morgan fingerprint density at radius 3 is 2.48 bits per heavy atom. The Balaban J connectivity index is 2.28. The molecule has 0 saturated heterocycles. The molecule has 8 nitrogen and oxygen atoms in total. The fourth-order valence-electron chi connectivity index (χ4n) is 1.95. The van der Waals surface area contributed by atoms with Crippen LogP contribution in [0.3, 0.4) is 0 Å². The molecule has 3 N–H and O–H groups in total. The Hall–Kier alpha value is -3.55. The van der Waals surface area contributed by atoms with Crippen molar-refractivity contribution in [3.05, 3.63) is 64.4 Å². The van der Waals surface area contributed by atoms with Crippen LogP contribution in [0.5, 0.6) is 5.75 Å². The van der Waals surface area contributed by atoms with Gasteiger partial charge in [0.25, 0.3) is 5.91 Å². The molecule has 2 rings (SSSR count).